The van der Waals surface area contributed by atoms with Crippen LogP contribution in [0.5, 0.6) is 0 Å². The summed E-state index contributed by atoms with van der Waals surface area (Å²) in [7, 11) is 0. The average molecular weight is 264 g/mol. The first-order valence-corrected chi connectivity index (χ1v) is 6.30. The molecular formula is C15H12N4O. The number of nitrogens with zero attached hydrogens (tertiary/aromatic N) is 3. The van der Waals surface area contributed by atoms with Crippen molar-refractivity contribution < 1.29 is 4.79 Å². The summed E-state index contributed by atoms with van der Waals surface area (Å²) in [6, 6.07) is 12.4. The van der Waals surface area contributed by atoms with Crippen LogP contribution in [-0.2, 0) is 6.54 Å². The molecule has 98 valence electrons. The molecule has 20 heavy (non-hydrogen) atoms. The Morgan fingerprint density at radius 1 is 1.30 bits per heavy atom. The maximum Gasteiger partial charge on any atom is 0.271 e. The fourth-order valence-corrected chi connectivity index (χ4v) is 2.22. The molecule has 0 bridgehead atoms. The topological polar surface area (TPSA) is 70.2 Å². The number of carbonyl (C=O) groups excluding carboxylic acids is 1. The number of nitriles is 1. The minimum Gasteiger partial charge on any atom is -0.346 e. The summed E-state index contributed by atoms with van der Waals surface area (Å²) in [6.45, 7) is 0.897. The average Bonchev–Trinajstić information content (AvgIpc) is 3.08. The van der Waals surface area contributed by atoms with Crippen molar-refractivity contribution in [3.05, 3.63) is 59.4 Å². The van der Waals surface area contributed by atoms with Gasteiger partial charge in [0.05, 0.1) is 23.0 Å². The molecule has 1 aromatic carbocycles. The number of rotatable bonds is 2. The van der Waals surface area contributed by atoms with Crippen LogP contribution < -0.4 is 5.43 Å². The highest BCUT2D eigenvalue weighted by Gasteiger charge is 2.16. The smallest absolute Gasteiger partial charge is 0.271 e. The summed E-state index contributed by atoms with van der Waals surface area (Å²) in [4.78, 5) is 11.9. The second kappa shape index (κ2) is 5.02. The van der Waals surface area contributed by atoms with Crippen molar-refractivity contribution in [2.24, 2.45) is 5.10 Å². The number of aromatic nitrogens is 1. The summed E-state index contributed by atoms with van der Waals surface area (Å²) >= 11 is 0. The predicted molar refractivity (Wildman–Crippen MR) is 74.2 cm³/mol. The molecule has 0 saturated carbocycles. The molecule has 1 aliphatic rings. The van der Waals surface area contributed by atoms with E-state index in [0.717, 1.165) is 24.4 Å². The molecule has 0 atom stereocenters. The Balaban J connectivity index is 1.72. The van der Waals surface area contributed by atoms with E-state index in [2.05, 4.69) is 15.1 Å². The third-order valence-electron chi connectivity index (χ3n) is 3.28. The predicted octanol–water partition coefficient (Wildman–Crippen LogP) is 1.90. The lowest BCUT2D eigenvalue weighted by Crippen LogP contribution is -2.19. The zero-order chi connectivity index (χ0) is 13.9. The summed E-state index contributed by atoms with van der Waals surface area (Å²) in [5.74, 6) is -0.271. The molecule has 0 spiro atoms. The number of fused-ring (bicyclic) bond motifs is 1. The van der Waals surface area contributed by atoms with Crippen LogP contribution in [-0.4, -0.2) is 16.2 Å². The number of amides is 1. The molecule has 1 amide bonds. The van der Waals surface area contributed by atoms with E-state index < -0.39 is 0 Å². The van der Waals surface area contributed by atoms with Crippen LogP contribution in [0, 0.1) is 11.3 Å². The third kappa shape index (κ3) is 2.19. The fraction of sp³-hybridized carbons (Fsp3) is 0.133. The van der Waals surface area contributed by atoms with Gasteiger partial charge in [-0.05, 0) is 36.4 Å². The highest BCUT2D eigenvalue weighted by molar-refractivity contribution is 6.02. The van der Waals surface area contributed by atoms with Gasteiger partial charge in [-0.25, -0.2) is 5.43 Å². The molecule has 2 heterocycles. The molecule has 1 N–H and O–H groups in total. The molecule has 5 heteroatoms. The molecule has 2 aromatic rings. The van der Waals surface area contributed by atoms with E-state index >= 15 is 0 Å². The van der Waals surface area contributed by atoms with Crippen molar-refractivity contribution in [2.75, 3.05) is 0 Å². The Kier molecular flexibility index (Phi) is 3.05. The molecular weight excluding hydrogens is 252 g/mol. The molecule has 1 aromatic heterocycles. The van der Waals surface area contributed by atoms with Crippen LogP contribution in [0.4, 0.5) is 0 Å². The van der Waals surface area contributed by atoms with Gasteiger partial charge in [-0.1, -0.05) is 0 Å². The van der Waals surface area contributed by atoms with E-state index in [1.165, 1.54) is 0 Å². The zero-order valence-corrected chi connectivity index (χ0v) is 10.7. The van der Waals surface area contributed by atoms with Gasteiger partial charge in [0, 0.05) is 24.7 Å². The van der Waals surface area contributed by atoms with E-state index in [1.54, 1.807) is 24.3 Å². The third-order valence-corrected chi connectivity index (χ3v) is 3.28. The summed E-state index contributed by atoms with van der Waals surface area (Å²) < 4.78 is 2.10. The Hall–Kier alpha value is -2.87. The van der Waals surface area contributed by atoms with Gasteiger partial charge in [-0.15, -0.1) is 0 Å². The number of aryl methyl sites for hydroxylation is 1. The molecule has 0 fully saturated rings. The van der Waals surface area contributed by atoms with E-state index in [1.807, 2.05) is 24.4 Å². The molecule has 0 unspecified atom stereocenters. The normalized spacial score (nSPS) is 14.8. The summed E-state index contributed by atoms with van der Waals surface area (Å²) in [5, 5.41) is 12.9. The van der Waals surface area contributed by atoms with Crippen LogP contribution in [0.2, 0.25) is 0 Å². The molecule has 0 aliphatic carbocycles. The van der Waals surface area contributed by atoms with Gasteiger partial charge >= 0.3 is 0 Å². The largest absolute Gasteiger partial charge is 0.346 e. The number of carbonyl (C=O) groups is 1. The van der Waals surface area contributed by atoms with Crippen LogP contribution in [0.3, 0.4) is 0 Å². The van der Waals surface area contributed by atoms with Crippen molar-refractivity contribution in [3.8, 4) is 6.07 Å². The van der Waals surface area contributed by atoms with Gasteiger partial charge in [0.1, 0.15) is 0 Å². The second-order valence-corrected chi connectivity index (χ2v) is 4.53. The Labute approximate surface area is 116 Å². The van der Waals surface area contributed by atoms with Crippen LogP contribution in [0.15, 0.2) is 47.7 Å². The Morgan fingerprint density at radius 2 is 2.10 bits per heavy atom. The van der Waals surface area contributed by atoms with E-state index in [4.69, 9.17) is 5.26 Å². The van der Waals surface area contributed by atoms with Crippen LogP contribution in [0.25, 0.3) is 0 Å². The molecule has 0 radical (unpaired) electrons. The molecule has 1 aliphatic heterocycles. The lowest BCUT2D eigenvalue weighted by Gasteiger charge is -2.01. The quantitative estimate of drug-likeness (QED) is 0.841. The van der Waals surface area contributed by atoms with Crippen LogP contribution in [0.1, 0.15) is 28.0 Å². The first-order chi connectivity index (χ1) is 9.78. The van der Waals surface area contributed by atoms with E-state index in [-0.39, 0.29) is 5.91 Å². The zero-order valence-electron chi connectivity index (χ0n) is 10.7. The minimum atomic E-state index is -0.271. The molecule has 3 rings (SSSR count). The summed E-state index contributed by atoms with van der Waals surface area (Å²) in [6.07, 6.45) is 2.82. The Morgan fingerprint density at radius 3 is 2.85 bits per heavy atom. The number of nitrogens with one attached hydrogen (secondary N) is 1. The van der Waals surface area contributed by atoms with E-state index in [0.29, 0.717) is 11.1 Å². The maximum absolute atomic E-state index is 11.9. The fourth-order valence-electron chi connectivity index (χ4n) is 2.22. The van der Waals surface area contributed by atoms with Gasteiger partial charge in [-0.3, -0.25) is 4.79 Å². The SMILES string of the molecule is N#Cc1ccc(C(=O)NN=C2CCn3cccc32)cc1. The van der Waals surface area contributed by atoms with Crippen molar-refractivity contribution in [2.45, 2.75) is 13.0 Å². The number of benzene rings is 1. The van der Waals surface area contributed by atoms with Gasteiger partial charge in [0.25, 0.3) is 5.91 Å². The van der Waals surface area contributed by atoms with E-state index in [9.17, 15) is 4.79 Å². The van der Waals surface area contributed by atoms with Gasteiger partial charge in [-0.2, -0.15) is 10.4 Å². The van der Waals surface area contributed by atoms with Gasteiger partial charge < -0.3 is 4.57 Å². The minimum absolute atomic E-state index is 0.271. The van der Waals surface area contributed by atoms with Gasteiger partial charge in [0.2, 0.25) is 0 Å². The van der Waals surface area contributed by atoms with Crippen molar-refractivity contribution in [3.63, 3.8) is 0 Å². The molecule has 5 nitrogen and oxygen atoms in total. The van der Waals surface area contributed by atoms with Crippen LogP contribution >= 0.6 is 0 Å². The lowest BCUT2D eigenvalue weighted by molar-refractivity contribution is 0.0955. The maximum atomic E-state index is 11.9. The summed E-state index contributed by atoms with van der Waals surface area (Å²) in [5.41, 5.74) is 5.51. The lowest BCUT2D eigenvalue weighted by atomic mass is 10.1. The standard InChI is InChI=1S/C15H12N4O/c16-10-11-3-5-12(6-4-11)15(20)18-17-13-7-9-19-8-1-2-14(13)19/h1-6,8H,7,9H2,(H,18,20). The van der Waals surface area contributed by atoms with Crippen molar-refractivity contribution in [1.29, 1.82) is 5.26 Å². The first kappa shape index (κ1) is 12.2. The number of hydrogen-bond acceptors (Lipinski definition) is 3. The number of hydrazone groups is 1. The Bertz CT molecular complexity index is 719. The molecule has 0 saturated heterocycles. The van der Waals surface area contributed by atoms with Gasteiger partial charge in [0.15, 0.2) is 0 Å². The van der Waals surface area contributed by atoms with Crippen molar-refractivity contribution in [1.82, 2.24) is 9.99 Å². The highest BCUT2D eigenvalue weighted by atomic mass is 16.2. The first-order valence-electron chi connectivity index (χ1n) is 6.30. The number of hydrogen-bond donors (Lipinski definition) is 1. The highest BCUT2D eigenvalue weighted by Crippen LogP contribution is 2.15. The second-order valence-electron chi connectivity index (χ2n) is 4.53. The van der Waals surface area contributed by atoms with Crippen molar-refractivity contribution >= 4 is 11.6 Å². The monoisotopic (exact) mass is 264 g/mol.